The topological polar surface area (TPSA) is 33.6 Å². The van der Waals surface area contributed by atoms with Crippen LogP contribution in [0.2, 0.25) is 0 Å². The predicted molar refractivity (Wildman–Crippen MR) is 81.1 cm³/mol. The van der Waals surface area contributed by atoms with Crippen molar-refractivity contribution in [3.8, 4) is 5.75 Å². The maximum atomic E-state index is 5.90. The van der Waals surface area contributed by atoms with Gasteiger partial charge in [-0.1, -0.05) is 43.8 Å². The van der Waals surface area contributed by atoms with E-state index in [4.69, 9.17) is 4.74 Å². The second-order valence-electron chi connectivity index (χ2n) is 5.50. The molecule has 2 aliphatic heterocycles. The van der Waals surface area contributed by atoms with Gasteiger partial charge >= 0.3 is 0 Å². The van der Waals surface area contributed by atoms with E-state index < -0.39 is 0 Å². The van der Waals surface area contributed by atoms with Gasteiger partial charge in [0.25, 0.3) is 0 Å². The summed E-state index contributed by atoms with van der Waals surface area (Å²) >= 11 is 1.83. The third-order valence-electron chi connectivity index (χ3n) is 3.67. The molecule has 1 aromatic rings. The SMILES string of the molecule is CC(C)C1CSC(=NCC2Cc3ccccc3O2)N1. The molecular weight excluding hydrogens is 256 g/mol. The van der Waals surface area contributed by atoms with Gasteiger partial charge in [0, 0.05) is 18.2 Å². The number of fused-ring (bicyclic) bond motifs is 1. The molecule has 4 heteroatoms. The van der Waals surface area contributed by atoms with Crippen LogP contribution in [0.15, 0.2) is 29.3 Å². The quantitative estimate of drug-likeness (QED) is 0.921. The highest BCUT2D eigenvalue weighted by Gasteiger charge is 2.25. The molecule has 2 atom stereocenters. The van der Waals surface area contributed by atoms with Crippen LogP contribution < -0.4 is 10.1 Å². The van der Waals surface area contributed by atoms with Crippen LogP contribution in [-0.2, 0) is 6.42 Å². The fraction of sp³-hybridized carbons (Fsp3) is 0.533. The van der Waals surface area contributed by atoms with E-state index in [1.807, 2.05) is 23.9 Å². The predicted octanol–water partition coefficient (Wildman–Crippen LogP) is 2.71. The summed E-state index contributed by atoms with van der Waals surface area (Å²) in [5.74, 6) is 2.81. The van der Waals surface area contributed by atoms with E-state index in [2.05, 4.69) is 36.3 Å². The van der Waals surface area contributed by atoms with Crippen molar-refractivity contribution in [2.45, 2.75) is 32.4 Å². The molecule has 0 bridgehead atoms. The molecule has 2 unspecified atom stereocenters. The number of hydrogen-bond donors (Lipinski definition) is 1. The lowest BCUT2D eigenvalue weighted by Crippen LogP contribution is -2.32. The van der Waals surface area contributed by atoms with Gasteiger partial charge in [-0.2, -0.15) is 0 Å². The zero-order valence-corrected chi connectivity index (χ0v) is 12.2. The molecule has 2 heterocycles. The number of hydrogen-bond acceptors (Lipinski definition) is 3. The minimum atomic E-state index is 0.199. The van der Waals surface area contributed by atoms with Crippen LogP contribution in [0.4, 0.5) is 0 Å². The number of aliphatic imine (C=N–C) groups is 1. The van der Waals surface area contributed by atoms with E-state index in [1.54, 1.807) is 0 Å². The van der Waals surface area contributed by atoms with Crippen LogP contribution in [-0.4, -0.2) is 29.6 Å². The molecule has 3 rings (SSSR count). The van der Waals surface area contributed by atoms with Crippen LogP contribution in [0.1, 0.15) is 19.4 Å². The third kappa shape index (κ3) is 2.89. The van der Waals surface area contributed by atoms with Gasteiger partial charge in [0.2, 0.25) is 0 Å². The van der Waals surface area contributed by atoms with Gasteiger partial charge in [0.1, 0.15) is 11.9 Å². The maximum Gasteiger partial charge on any atom is 0.157 e. The Morgan fingerprint density at radius 2 is 2.26 bits per heavy atom. The molecule has 0 radical (unpaired) electrons. The molecule has 1 N–H and O–H groups in total. The van der Waals surface area contributed by atoms with E-state index in [9.17, 15) is 0 Å². The standard InChI is InChI=1S/C15H20N2OS/c1-10(2)13-9-19-15(17-13)16-8-12-7-11-5-3-4-6-14(11)18-12/h3-6,10,12-13H,7-9H2,1-2H3,(H,16,17). The van der Waals surface area contributed by atoms with Crippen molar-refractivity contribution in [2.75, 3.05) is 12.3 Å². The van der Waals surface area contributed by atoms with E-state index in [-0.39, 0.29) is 6.10 Å². The van der Waals surface area contributed by atoms with E-state index >= 15 is 0 Å². The molecule has 19 heavy (non-hydrogen) atoms. The Bertz CT molecular complexity index is 462. The highest BCUT2D eigenvalue weighted by Crippen LogP contribution is 2.28. The first kappa shape index (κ1) is 12.9. The molecule has 3 nitrogen and oxygen atoms in total. The minimum absolute atomic E-state index is 0.199. The van der Waals surface area contributed by atoms with Crippen LogP contribution in [0.3, 0.4) is 0 Å². The summed E-state index contributed by atoms with van der Waals surface area (Å²) < 4.78 is 5.90. The summed E-state index contributed by atoms with van der Waals surface area (Å²) in [5.41, 5.74) is 1.31. The first-order chi connectivity index (χ1) is 9.22. The average molecular weight is 276 g/mol. The van der Waals surface area contributed by atoms with Crippen LogP contribution >= 0.6 is 11.8 Å². The maximum absolute atomic E-state index is 5.90. The molecule has 1 saturated heterocycles. The Labute approximate surface area is 118 Å². The van der Waals surface area contributed by atoms with Gasteiger partial charge in [-0.05, 0) is 17.5 Å². The molecule has 0 spiro atoms. The minimum Gasteiger partial charge on any atom is -0.488 e. The molecule has 0 aromatic heterocycles. The van der Waals surface area contributed by atoms with Gasteiger partial charge in [-0.25, -0.2) is 0 Å². The van der Waals surface area contributed by atoms with Crippen LogP contribution in [0.25, 0.3) is 0 Å². The van der Waals surface area contributed by atoms with E-state index in [1.165, 1.54) is 5.56 Å². The number of ether oxygens (including phenoxy) is 1. The smallest absolute Gasteiger partial charge is 0.157 e. The largest absolute Gasteiger partial charge is 0.488 e. The lowest BCUT2D eigenvalue weighted by Gasteiger charge is -2.13. The molecular formula is C15H20N2OS. The van der Waals surface area contributed by atoms with E-state index in [0.717, 1.165) is 29.6 Å². The summed E-state index contributed by atoms with van der Waals surface area (Å²) in [6.07, 6.45) is 1.18. The number of nitrogens with zero attached hydrogens (tertiary/aromatic N) is 1. The molecule has 0 aliphatic carbocycles. The number of benzene rings is 1. The van der Waals surface area contributed by atoms with Crippen molar-refractivity contribution < 1.29 is 4.74 Å². The Balaban J connectivity index is 1.55. The van der Waals surface area contributed by atoms with Crippen molar-refractivity contribution >= 4 is 16.9 Å². The van der Waals surface area contributed by atoms with Gasteiger partial charge in [-0.3, -0.25) is 4.99 Å². The van der Waals surface area contributed by atoms with Crippen molar-refractivity contribution in [3.05, 3.63) is 29.8 Å². The van der Waals surface area contributed by atoms with Crippen molar-refractivity contribution in [3.63, 3.8) is 0 Å². The van der Waals surface area contributed by atoms with Crippen molar-refractivity contribution in [1.82, 2.24) is 5.32 Å². The third-order valence-corrected chi connectivity index (χ3v) is 4.71. The second kappa shape index (κ2) is 5.45. The second-order valence-corrected chi connectivity index (χ2v) is 6.51. The summed E-state index contributed by atoms with van der Waals surface area (Å²) in [5, 5.41) is 4.57. The molecule has 1 fully saturated rings. The Kier molecular flexibility index (Phi) is 3.69. The summed E-state index contributed by atoms with van der Waals surface area (Å²) in [4.78, 5) is 4.66. The first-order valence-corrected chi connectivity index (χ1v) is 7.89. The van der Waals surface area contributed by atoms with Gasteiger partial charge in [-0.15, -0.1) is 0 Å². The fourth-order valence-electron chi connectivity index (χ4n) is 2.40. The highest BCUT2D eigenvalue weighted by molar-refractivity contribution is 8.14. The number of amidine groups is 1. The Morgan fingerprint density at radius 3 is 3.00 bits per heavy atom. The monoisotopic (exact) mass is 276 g/mol. The fourth-order valence-corrected chi connectivity index (χ4v) is 3.61. The van der Waals surface area contributed by atoms with Crippen molar-refractivity contribution in [1.29, 1.82) is 0 Å². The Morgan fingerprint density at radius 1 is 1.42 bits per heavy atom. The summed E-state index contributed by atoms with van der Waals surface area (Å²) in [7, 11) is 0. The molecule has 1 aromatic carbocycles. The number of thioether (sulfide) groups is 1. The van der Waals surface area contributed by atoms with Crippen LogP contribution in [0, 0.1) is 5.92 Å². The summed E-state index contributed by atoms with van der Waals surface area (Å²) in [6, 6.07) is 8.83. The molecule has 0 amide bonds. The highest BCUT2D eigenvalue weighted by atomic mass is 32.2. The normalized spacial score (nSPS) is 27.4. The zero-order valence-electron chi connectivity index (χ0n) is 11.4. The van der Waals surface area contributed by atoms with Crippen molar-refractivity contribution in [2.24, 2.45) is 10.9 Å². The van der Waals surface area contributed by atoms with Gasteiger partial charge < -0.3 is 10.1 Å². The summed E-state index contributed by atoms with van der Waals surface area (Å²) in [6.45, 7) is 5.24. The number of para-hydroxylation sites is 1. The first-order valence-electron chi connectivity index (χ1n) is 6.90. The number of nitrogens with one attached hydrogen (secondary N) is 1. The Hall–Kier alpha value is -1.16. The number of rotatable bonds is 3. The van der Waals surface area contributed by atoms with E-state index in [0.29, 0.717) is 12.0 Å². The van der Waals surface area contributed by atoms with Gasteiger partial charge in [0.05, 0.1) is 6.54 Å². The lowest BCUT2D eigenvalue weighted by molar-refractivity contribution is 0.242. The molecule has 2 aliphatic rings. The zero-order chi connectivity index (χ0) is 13.2. The molecule has 0 saturated carbocycles. The van der Waals surface area contributed by atoms with Gasteiger partial charge in [0.15, 0.2) is 5.17 Å². The average Bonchev–Trinajstić information content (AvgIpc) is 3.02. The van der Waals surface area contributed by atoms with Crippen LogP contribution in [0.5, 0.6) is 5.75 Å². The molecule has 102 valence electrons. The lowest BCUT2D eigenvalue weighted by atomic mass is 10.1.